The van der Waals surface area contributed by atoms with Crippen LogP contribution in [0.25, 0.3) is 0 Å². The Morgan fingerprint density at radius 3 is 2.19 bits per heavy atom. The molecule has 0 spiro atoms. The molecule has 0 bridgehead atoms. The summed E-state index contributed by atoms with van der Waals surface area (Å²) in [4.78, 5) is 22.8. The van der Waals surface area contributed by atoms with Crippen LogP contribution in [0.5, 0.6) is 11.5 Å². The van der Waals surface area contributed by atoms with E-state index in [9.17, 15) is 9.59 Å². The highest BCUT2D eigenvalue weighted by Crippen LogP contribution is 2.27. The topological polar surface area (TPSA) is 76.7 Å². The van der Waals surface area contributed by atoms with Gasteiger partial charge in [-0.05, 0) is 17.7 Å². The first-order valence-corrected chi connectivity index (χ1v) is 6.85. The van der Waals surface area contributed by atoms with Gasteiger partial charge in [-0.15, -0.1) is 0 Å². The zero-order valence-electron chi connectivity index (χ0n) is 12.7. The van der Waals surface area contributed by atoms with Crippen LogP contribution >= 0.6 is 0 Å². The Balaban J connectivity index is 2.42. The molecular weight excluding hydrogens is 272 g/mol. The molecule has 1 aromatic rings. The summed E-state index contributed by atoms with van der Waals surface area (Å²) in [5.74, 6) is 1.10. The van der Waals surface area contributed by atoms with Crippen molar-refractivity contribution in [1.29, 1.82) is 0 Å². The minimum Gasteiger partial charge on any atom is -0.493 e. The number of nitrogens with one attached hydrogen (secondary N) is 2. The summed E-state index contributed by atoms with van der Waals surface area (Å²) in [5, 5.41) is 5.45. The van der Waals surface area contributed by atoms with Gasteiger partial charge >= 0.3 is 0 Å². The molecule has 2 N–H and O–H groups in total. The zero-order valence-corrected chi connectivity index (χ0v) is 12.7. The minimum atomic E-state index is -0.104. The predicted octanol–water partition coefficient (Wildman–Crippen LogP) is 0.889. The van der Waals surface area contributed by atoms with Crippen LogP contribution in [0.1, 0.15) is 18.9 Å². The fourth-order valence-corrected chi connectivity index (χ4v) is 1.77. The van der Waals surface area contributed by atoms with Crippen molar-refractivity contribution >= 4 is 11.8 Å². The molecule has 1 rings (SSSR count). The molecule has 116 valence electrons. The maximum absolute atomic E-state index is 11.8. The van der Waals surface area contributed by atoms with Crippen molar-refractivity contribution in [2.45, 2.75) is 19.8 Å². The highest BCUT2D eigenvalue weighted by molar-refractivity contribution is 5.79. The Bertz CT molecular complexity index is 489. The van der Waals surface area contributed by atoms with Gasteiger partial charge in [0.1, 0.15) is 0 Å². The molecule has 2 amide bonds. The summed E-state index contributed by atoms with van der Waals surface area (Å²) in [7, 11) is 3.12. The van der Waals surface area contributed by atoms with Crippen LogP contribution in [0.3, 0.4) is 0 Å². The Labute approximate surface area is 124 Å². The summed E-state index contributed by atoms with van der Waals surface area (Å²) in [6.45, 7) is 2.63. The molecule has 21 heavy (non-hydrogen) atoms. The number of hydrogen-bond donors (Lipinski definition) is 2. The van der Waals surface area contributed by atoms with Crippen molar-refractivity contribution in [3.8, 4) is 11.5 Å². The highest BCUT2D eigenvalue weighted by atomic mass is 16.5. The molecule has 0 saturated carbocycles. The van der Waals surface area contributed by atoms with Crippen molar-refractivity contribution in [3.05, 3.63) is 23.8 Å². The first-order valence-electron chi connectivity index (χ1n) is 6.85. The van der Waals surface area contributed by atoms with E-state index in [1.807, 2.05) is 6.07 Å². The normalized spacial score (nSPS) is 9.86. The molecule has 0 aromatic heterocycles. The van der Waals surface area contributed by atoms with Gasteiger partial charge in [0.15, 0.2) is 11.5 Å². The van der Waals surface area contributed by atoms with Crippen molar-refractivity contribution in [2.75, 3.05) is 27.3 Å². The molecule has 0 atom stereocenters. The number of benzene rings is 1. The van der Waals surface area contributed by atoms with Crippen molar-refractivity contribution in [2.24, 2.45) is 0 Å². The largest absolute Gasteiger partial charge is 0.493 e. The number of carbonyl (C=O) groups excluding carboxylic acids is 2. The molecule has 0 fully saturated rings. The number of carbonyl (C=O) groups is 2. The van der Waals surface area contributed by atoms with Crippen molar-refractivity contribution in [1.82, 2.24) is 10.6 Å². The van der Waals surface area contributed by atoms with E-state index in [1.165, 1.54) is 0 Å². The zero-order chi connectivity index (χ0) is 15.7. The van der Waals surface area contributed by atoms with Gasteiger partial charge in [-0.3, -0.25) is 9.59 Å². The lowest BCUT2D eigenvalue weighted by molar-refractivity contribution is -0.122. The van der Waals surface area contributed by atoms with Crippen LogP contribution in [-0.4, -0.2) is 39.1 Å². The van der Waals surface area contributed by atoms with Crippen LogP contribution in [-0.2, 0) is 16.0 Å². The van der Waals surface area contributed by atoms with Gasteiger partial charge in [0.05, 0.1) is 20.6 Å². The summed E-state index contributed by atoms with van der Waals surface area (Å²) in [5.41, 5.74) is 0.836. The number of amides is 2. The van der Waals surface area contributed by atoms with E-state index >= 15 is 0 Å². The molecule has 6 nitrogen and oxygen atoms in total. The Hall–Kier alpha value is -2.24. The van der Waals surface area contributed by atoms with Gasteiger partial charge in [-0.2, -0.15) is 0 Å². The third kappa shape index (κ3) is 5.72. The van der Waals surface area contributed by atoms with E-state index < -0.39 is 0 Å². The lowest BCUT2D eigenvalue weighted by atomic mass is 10.1. The fourth-order valence-electron chi connectivity index (χ4n) is 1.77. The van der Waals surface area contributed by atoms with Gasteiger partial charge in [-0.25, -0.2) is 0 Å². The molecule has 0 unspecified atom stereocenters. The van der Waals surface area contributed by atoms with Crippen LogP contribution in [0.2, 0.25) is 0 Å². The van der Waals surface area contributed by atoms with E-state index in [4.69, 9.17) is 9.47 Å². The van der Waals surface area contributed by atoms with Crippen LogP contribution in [0, 0.1) is 0 Å². The molecule has 0 aliphatic rings. The smallest absolute Gasteiger partial charge is 0.224 e. The molecule has 0 aliphatic heterocycles. The summed E-state index contributed by atoms with van der Waals surface area (Å²) < 4.78 is 10.3. The first kappa shape index (κ1) is 16.8. The number of methoxy groups -OCH3 is 2. The van der Waals surface area contributed by atoms with Crippen molar-refractivity contribution in [3.63, 3.8) is 0 Å². The second kappa shape index (κ2) is 8.84. The third-order valence-electron chi connectivity index (χ3n) is 2.90. The summed E-state index contributed by atoms with van der Waals surface area (Å²) in [6, 6.07) is 5.36. The standard InChI is InChI=1S/C15H22N2O4/c1-4-14(18)16-7-8-17-15(19)10-11-5-6-12(20-2)13(9-11)21-3/h5-6,9H,4,7-8,10H2,1-3H3,(H,16,18)(H,17,19). The molecule has 6 heteroatoms. The van der Waals surface area contributed by atoms with Gasteiger partial charge in [-0.1, -0.05) is 13.0 Å². The lowest BCUT2D eigenvalue weighted by Gasteiger charge is -2.10. The van der Waals surface area contributed by atoms with Gasteiger partial charge in [0.25, 0.3) is 0 Å². The Morgan fingerprint density at radius 2 is 1.62 bits per heavy atom. The van der Waals surface area contributed by atoms with Crippen LogP contribution < -0.4 is 20.1 Å². The Kier molecular flexibility index (Phi) is 7.08. The number of hydrogen-bond acceptors (Lipinski definition) is 4. The minimum absolute atomic E-state index is 0.0239. The van der Waals surface area contributed by atoms with E-state index in [-0.39, 0.29) is 18.2 Å². The highest BCUT2D eigenvalue weighted by Gasteiger charge is 2.08. The SMILES string of the molecule is CCC(=O)NCCNC(=O)Cc1ccc(OC)c(OC)c1. The first-order chi connectivity index (χ1) is 10.1. The predicted molar refractivity (Wildman–Crippen MR) is 79.6 cm³/mol. The molecule has 1 aromatic carbocycles. The van der Waals surface area contributed by atoms with Crippen molar-refractivity contribution < 1.29 is 19.1 Å². The van der Waals surface area contributed by atoms with Crippen LogP contribution in [0.4, 0.5) is 0 Å². The third-order valence-corrected chi connectivity index (χ3v) is 2.90. The van der Waals surface area contributed by atoms with E-state index in [2.05, 4.69) is 10.6 Å². The second-order valence-corrected chi connectivity index (χ2v) is 4.42. The molecule has 0 heterocycles. The number of rotatable bonds is 8. The van der Waals surface area contributed by atoms with Gasteiger partial charge in [0.2, 0.25) is 11.8 Å². The van der Waals surface area contributed by atoms with E-state index in [0.717, 1.165) is 5.56 Å². The second-order valence-electron chi connectivity index (χ2n) is 4.42. The van der Waals surface area contributed by atoms with Gasteiger partial charge in [0, 0.05) is 19.5 Å². The van der Waals surface area contributed by atoms with Gasteiger partial charge < -0.3 is 20.1 Å². The summed E-state index contributed by atoms with van der Waals surface area (Å²) in [6.07, 6.45) is 0.696. The maximum Gasteiger partial charge on any atom is 0.224 e. The summed E-state index contributed by atoms with van der Waals surface area (Å²) >= 11 is 0. The van der Waals surface area contributed by atoms with E-state index in [1.54, 1.807) is 33.3 Å². The molecule has 0 radical (unpaired) electrons. The fraction of sp³-hybridized carbons (Fsp3) is 0.467. The lowest BCUT2D eigenvalue weighted by Crippen LogP contribution is -2.35. The monoisotopic (exact) mass is 294 g/mol. The maximum atomic E-state index is 11.8. The molecular formula is C15H22N2O4. The Morgan fingerprint density at radius 1 is 1.00 bits per heavy atom. The van der Waals surface area contributed by atoms with E-state index in [0.29, 0.717) is 31.0 Å². The quantitative estimate of drug-likeness (QED) is 0.698. The average Bonchev–Trinajstić information content (AvgIpc) is 2.51. The number of ether oxygens (including phenoxy) is 2. The average molecular weight is 294 g/mol. The molecule has 0 saturated heterocycles. The van der Waals surface area contributed by atoms with Crippen LogP contribution in [0.15, 0.2) is 18.2 Å². The molecule has 0 aliphatic carbocycles.